The maximum atomic E-state index is 8.78. The lowest BCUT2D eigenvalue weighted by Crippen LogP contribution is -2.06. The van der Waals surface area contributed by atoms with E-state index in [0.717, 1.165) is 0 Å². The van der Waals surface area contributed by atoms with E-state index in [2.05, 4.69) is 5.73 Å². The minimum Gasteiger partial charge on any atom is -0.348 e. The Morgan fingerprint density at radius 2 is 1.80 bits per heavy atom. The van der Waals surface area contributed by atoms with Crippen LogP contribution in [0.4, 0.5) is 4.79 Å². The van der Waals surface area contributed by atoms with Gasteiger partial charge in [0, 0.05) is 7.43 Å². The third-order valence-electron chi connectivity index (χ3n) is 0. The number of amides is 2. The van der Waals surface area contributed by atoms with Gasteiger partial charge in [0.1, 0.15) is 0 Å². The Hall–Kier alpha value is -0.730. The van der Waals surface area contributed by atoms with E-state index >= 15 is 0 Å². The topological polar surface area (TPSA) is 65.4 Å². The maximum Gasteiger partial charge on any atom is 0.357 e. The van der Waals surface area contributed by atoms with Gasteiger partial charge in [0.15, 0.2) is 0 Å². The summed E-state index contributed by atoms with van der Waals surface area (Å²) < 4.78 is 0. The fourth-order valence-electron chi connectivity index (χ4n) is 0. The van der Waals surface area contributed by atoms with E-state index in [-0.39, 0.29) is 7.43 Å². The molecule has 3 heteroatoms. The van der Waals surface area contributed by atoms with Gasteiger partial charge in [0.25, 0.3) is 0 Å². The smallest absolute Gasteiger partial charge is 0.348 e. The van der Waals surface area contributed by atoms with Crippen molar-refractivity contribution in [2.75, 3.05) is 0 Å². The molecule has 0 heterocycles. The van der Waals surface area contributed by atoms with Crippen LogP contribution < -0.4 is 11.5 Å². The number of primary amides is 1. The summed E-state index contributed by atoms with van der Waals surface area (Å²) >= 11 is 0. The molecule has 5 heavy (non-hydrogen) atoms. The van der Waals surface area contributed by atoms with Crippen molar-refractivity contribution in [2.24, 2.45) is 5.73 Å². The van der Waals surface area contributed by atoms with Crippen LogP contribution in [-0.4, -0.2) is 6.03 Å². The van der Waals surface area contributed by atoms with E-state index in [4.69, 9.17) is 10.5 Å². The molecular weight excluding hydrogens is 68.0 g/mol. The molecule has 6 radical (unpaired) electrons. The van der Waals surface area contributed by atoms with Crippen molar-refractivity contribution in [1.29, 1.82) is 0 Å². The Bertz CT molecular complexity index is 30.6. The number of hydrogen-bond acceptors (Lipinski definition) is 1. The fraction of sp³-hybridized carbons (Fsp3) is 0. The first-order chi connectivity index (χ1) is 1.73. The zero-order valence-corrected chi connectivity index (χ0v) is 2.43. The molecule has 0 bridgehead atoms. The quantitative estimate of drug-likeness (QED) is 0.399. The Morgan fingerprint density at radius 3 is 1.80 bits per heavy atom. The number of rotatable bonds is 0. The van der Waals surface area contributed by atoms with E-state index in [1.54, 1.807) is 0 Å². The lowest BCUT2D eigenvalue weighted by Gasteiger charge is -1.55. The second kappa shape index (κ2) is 3.27. The fourth-order valence-corrected chi connectivity index (χ4v) is 0. The van der Waals surface area contributed by atoms with Crippen molar-refractivity contribution in [3.05, 3.63) is 7.43 Å². The van der Waals surface area contributed by atoms with Gasteiger partial charge < -0.3 is 5.73 Å². The van der Waals surface area contributed by atoms with Gasteiger partial charge in [-0.15, -0.1) is 0 Å². The highest BCUT2D eigenvalue weighted by molar-refractivity contribution is 5.68. The summed E-state index contributed by atoms with van der Waals surface area (Å²) in [7, 11) is 0. The van der Waals surface area contributed by atoms with Crippen molar-refractivity contribution in [2.45, 2.75) is 0 Å². The molecule has 0 aromatic rings. The molecule has 0 saturated carbocycles. The summed E-state index contributed by atoms with van der Waals surface area (Å²) in [6, 6.07) is -1.33. The largest absolute Gasteiger partial charge is 0.357 e. The van der Waals surface area contributed by atoms with Gasteiger partial charge in [-0.25, -0.2) is 4.79 Å². The zero-order chi connectivity index (χ0) is 3.58. The Balaban J connectivity index is 0. The average molecular weight is 70.1 g/mol. The molecule has 2 amide bonds. The first kappa shape index (κ1) is 8.86. The summed E-state index contributed by atoms with van der Waals surface area (Å²) in [4.78, 5) is 8.78. The van der Waals surface area contributed by atoms with E-state index in [1.807, 2.05) is 0 Å². The normalized spacial score (nSPS) is 4.80. The van der Waals surface area contributed by atoms with Crippen LogP contribution in [0.25, 0.3) is 0 Å². The first-order valence-electron chi connectivity index (χ1n) is 0.716. The van der Waals surface area contributed by atoms with Crippen molar-refractivity contribution in [1.82, 2.24) is 5.73 Å². The molecular formula is C2H2N2O. The number of hydrogen-bond donors (Lipinski definition) is 1. The van der Waals surface area contributed by atoms with Gasteiger partial charge in [-0.3, -0.25) is 0 Å². The van der Waals surface area contributed by atoms with Gasteiger partial charge in [-0.2, -0.15) is 0 Å². The SMILES string of the molecule is [C].[N]C(N)=O. The Morgan fingerprint density at radius 1 is 1.80 bits per heavy atom. The van der Waals surface area contributed by atoms with E-state index < -0.39 is 6.03 Å². The van der Waals surface area contributed by atoms with Gasteiger partial charge in [0.2, 0.25) is 0 Å². The predicted molar refractivity (Wildman–Crippen MR) is 15.0 cm³/mol. The third-order valence-corrected chi connectivity index (χ3v) is 0. The molecule has 2 N–H and O–H groups in total. The van der Waals surface area contributed by atoms with Crippen molar-refractivity contribution < 1.29 is 4.79 Å². The van der Waals surface area contributed by atoms with Crippen LogP contribution in [-0.2, 0) is 0 Å². The van der Waals surface area contributed by atoms with Gasteiger partial charge >= 0.3 is 6.03 Å². The van der Waals surface area contributed by atoms with Crippen LogP contribution in [0.5, 0.6) is 0 Å². The van der Waals surface area contributed by atoms with Gasteiger partial charge in [-0.05, 0) is 0 Å². The van der Waals surface area contributed by atoms with Gasteiger partial charge in [0.05, 0.1) is 0 Å². The van der Waals surface area contributed by atoms with Crippen LogP contribution in [0, 0.1) is 7.43 Å². The van der Waals surface area contributed by atoms with Crippen LogP contribution in [0.2, 0.25) is 0 Å². The predicted octanol–water partition coefficient (Wildman–Crippen LogP) is -0.785. The van der Waals surface area contributed by atoms with Crippen molar-refractivity contribution in [3.8, 4) is 0 Å². The summed E-state index contributed by atoms with van der Waals surface area (Å²) in [5.41, 5.74) is 11.2. The van der Waals surface area contributed by atoms with Crippen LogP contribution in [0.1, 0.15) is 0 Å². The number of carbonyl (C=O) groups is 1. The van der Waals surface area contributed by atoms with E-state index in [1.165, 1.54) is 0 Å². The van der Waals surface area contributed by atoms with E-state index in [9.17, 15) is 0 Å². The molecule has 3 nitrogen and oxygen atoms in total. The van der Waals surface area contributed by atoms with Crippen LogP contribution in [0.15, 0.2) is 0 Å². The molecule has 0 aromatic heterocycles. The number of nitrogens with zero attached hydrogens (tertiary/aromatic N) is 1. The molecule has 0 aromatic carbocycles. The van der Waals surface area contributed by atoms with Crippen molar-refractivity contribution in [3.63, 3.8) is 0 Å². The van der Waals surface area contributed by atoms with Gasteiger partial charge in [-0.1, -0.05) is 5.73 Å². The second-order valence-electron chi connectivity index (χ2n) is 0.338. The molecule has 0 aliphatic heterocycles. The Kier molecular flexibility index (Phi) is 5.79. The highest BCUT2D eigenvalue weighted by Crippen LogP contribution is 1.31. The summed E-state index contributed by atoms with van der Waals surface area (Å²) in [5, 5.41) is 0. The van der Waals surface area contributed by atoms with Crippen molar-refractivity contribution >= 4 is 6.03 Å². The lowest BCUT2D eigenvalue weighted by atomic mass is 11.2. The molecule has 26 valence electrons. The molecule has 0 fully saturated rings. The maximum absolute atomic E-state index is 8.78. The first-order valence-corrected chi connectivity index (χ1v) is 0.716. The average Bonchev–Trinajstić information content (AvgIpc) is 0.811. The molecule has 0 atom stereocenters. The molecule has 0 aliphatic carbocycles. The molecule has 0 unspecified atom stereocenters. The minimum absolute atomic E-state index is 0. The standard InChI is InChI=1S/CH2N2O.C/c2-1(3)4;/h(H2,2,4);. The number of nitrogens with two attached hydrogens (primary N) is 1. The number of carbonyl (C=O) groups excluding carboxylic acids is 1. The zero-order valence-electron chi connectivity index (χ0n) is 2.43. The highest BCUT2D eigenvalue weighted by Gasteiger charge is 1.68. The van der Waals surface area contributed by atoms with Crippen LogP contribution in [0.3, 0.4) is 0 Å². The third kappa shape index (κ3) is 9.90. The lowest BCUT2D eigenvalue weighted by molar-refractivity contribution is 0.255. The minimum atomic E-state index is -1.33. The van der Waals surface area contributed by atoms with E-state index in [0.29, 0.717) is 0 Å². The molecule has 0 aliphatic rings. The highest BCUT2D eigenvalue weighted by atomic mass is 16.2. The Labute approximate surface area is 31.0 Å². The molecule has 0 spiro atoms. The summed E-state index contributed by atoms with van der Waals surface area (Å²) in [6.45, 7) is 0. The van der Waals surface area contributed by atoms with Crippen LogP contribution >= 0.6 is 0 Å². The monoisotopic (exact) mass is 70.0 g/mol. The molecule has 0 rings (SSSR count). The second-order valence-corrected chi connectivity index (χ2v) is 0.338. The summed E-state index contributed by atoms with van der Waals surface area (Å²) in [6.07, 6.45) is 0. The summed E-state index contributed by atoms with van der Waals surface area (Å²) in [5.74, 6) is 0. The number of urea groups is 1. The molecule has 0 saturated heterocycles.